The van der Waals surface area contributed by atoms with Crippen LogP contribution >= 0.6 is 0 Å². The van der Waals surface area contributed by atoms with Crippen molar-refractivity contribution in [3.63, 3.8) is 0 Å². The van der Waals surface area contributed by atoms with Gasteiger partial charge < -0.3 is 25.4 Å². The second kappa shape index (κ2) is 2.98. The first-order valence-corrected chi connectivity index (χ1v) is 4.97. The van der Waals surface area contributed by atoms with E-state index in [1.54, 1.807) is 24.3 Å². The molecule has 0 aliphatic rings. The Kier molecular flexibility index (Phi) is 1.69. The summed E-state index contributed by atoms with van der Waals surface area (Å²) in [5.74, 6) is -2.39. The van der Waals surface area contributed by atoms with E-state index < -0.39 is 23.0 Å². The summed E-state index contributed by atoms with van der Waals surface area (Å²) in [6.45, 7) is 0. The average molecular weight is 231 g/mol. The van der Waals surface area contributed by atoms with E-state index in [0.717, 1.165) is 0 Å². The minimum absolute atomic E-state index is 0.194. The average Bonchev–Trinajstić information content (AvgIpc) is 2.73. The summed E-state index contributed by atoms with van der Waals surface area (Å²) in [7, 11) is 0. The van der Waals surface area contributed by atoms with Crippen molar-refractivity contribution in [2.24, 2.45) is 0 Å². The molecule has 3 rings (SSSR count). The fourth-order valence-corrected chi connectivity index (χ4v) is 2.03. The predicted molar refractivity (Wildman–Crippen MR) is 62.5 cm³/mol. The van der Waals surface area contributed by atoms with E-state index in [0.29, 0.717) is 10.9 Å². The van der Waals surface area contributed by atoms with E-state index in [1.807, 2.05) is 0 Å². The van der Waals surface area contributed by atoms with Gasteiger partial charge in [-0.2, -0.15) is 0 Å². The van der Waals surface area contributed by atoms with Crippen LogP contribution in [0.4, 0.5) is 0 Å². The number of benzene rings is 2. The zero-order valence-corrected chi connectivity index (χ0v) is 8.60. The molecule has 0 spiro atoms. The number of fused-ring (bicyclic) bond motifs is 3. The second-order valence-electron chi connectivity index (χ2n) is 3.82. The number of aromatic amines is 1. The lowest BCUT2D eigenvalue weighted by Crippen LogP contribution is -1.77. The first-order valence-electron chi connectivity index (χ1n) is 4.97. The van der Waals surface area contributed by atoms with Gasteiger partial charge in [-0.25, -0.2) is 0 Å². The molecule has 5 heteroatoms. The Morgan fingerprint density at radius 1 is 0.765 bits per heavy atom. The van der Waals surface area contributed by atoms with Gasteiger partial charge in [-0.1, -0.05) is 18.2 Å². The third kappa shape index (κ3) is 1.08. The van der Waals surface area contributed by atoms with Crippen molar-refractivity contribution in [1.82, 2.24) is 4.98 Å². The Morgan fingerprint density at radius 3 is 2.18 bits per heavy atom. The highest BCUT2D eigenvalue weighted by Crippen LogP contribution is 2.50. The third-order valence-corrected chi connectivity index (χ3v) is 2.85. The van der Waals surface area contributed by atoms with Crippen LogP contribution in [0.15, 0.2) is 24.3 Å². The van der Waals surface area contributed by atoms with Gasteiger partial charge in [0.1, 0.15) is 0 Å². The maximum absolute atomic E-state index is 9.81. The van der Waals surface area contributed by atoms with Gasteiger partial charge in [0.15, 0.2) is 11.5 Å². The van der Waals surface area contributed by atoms with Crippen LogP contribution in [0.1, 0.15) is 0 Å². The molecule has 3 aromatic rings. The number of rotatable bonds is 0. The van der Waals surface area contributed by atoms with Gasteiger partial charge in [0, 0.05) is 10.9 Å². The number of aromatic hydroxyl groups is 4. The number of phenolic OH excluding ortho intramolecular Hbond substituents is 4. The Balaban J connectivity index is 2.67. The maximum Gasteiger partial charge on any atom is 0.206 e. The molecule has 86 valence electrons. The third-order valence-electron chi connectivity index (χ3n) is 2.85. The van der Waals surface area contributed by atoms with Crippen molar-refractivity contribution >= 4 is 21.8 Å². The standard InChI is InChI=1S/C12H9NO4/c14-9-7-5-3-1-2-4-6(5)13-8(7)10(15)12(17)11(9)16/h1-4,13-17H. The molecule has 0 aliphatic heterocycles. The number of H-pyrrole nitrogens is 1. The molecule has 17 heavy (non-hydrogen) atoms. The van der Waals surface area contributed by atoms with Gasteiger partial charge >= 0.3 is 0 Å². The van der Waals surface area contributed by atoms with Crippen LogP contribution in [0.25, 0.3) is 21.8 Å². The molecule has 0 unspecified atom stereocenters. The Bertz CT molecular complexity index is 745. The molecule has 0 radical (unpaired) electrons. The minimum atomic E-state index is -0.735. The van der Waals surface area contributed by atoms with Crippen LogP contribution in [0.3, 0.4) is 0 Å². The smallest absolute Gasteiger partial charge is 0.206 e. The van der Waals surface area contributed by atoms with Crippen molar-refractivity contribution in [2.45, 2.75) is 0 Å². The molecule has 5 N–H and O–H groups in total. The molecule has 0 amide bonds. The van der Waals surface area contributed by atoms with Gasteiger partial charge in [0.2, 0.25) is 11.5 Å². The molecule has 0 atom stereocenters. The molecule has 0 fully saturated rings. The molecule has 0 saturated carbocycles. The molecule has 1 aromatic heterocycles. The van der Waals surface area contributed by atoms with Crippen LogP contribution in [-0.4, -0.2) is 25.4 Å². The lowest BCUT2D eigenvalue weighted by atomic mass is 10.1. The van der Waals surface area contributed by atoms with Crippen molar-refractivity contribution in [1.29, 1.82) is 0 Å². The van der Waals surface area contributed by atoms with Crippen LogP contribution < -0.4 is 0 Å². The fourth-order valence-electron chi connectivity index (χ4n) is 2.03. The lowest BCUT2D eigenvalue weighted by molar-refractivity contribution is 0.350. The predicted octanol–water partition coefficient (Wildman–Crippen LogP) is 2.14. The molecule has 0 aliphatic carbocycles. The Morgan fingerprint density at radius 2 is 1.41 bits per heavy atom. The van der Waals surface area contributed by atoms with Gasteiger partial charge in [0.05, 0.1) is 10.9 Å². The van der Waals surface area contributed by atoms with Crippen LogP contribution in [-0.2, 0) is 0 Å². The summed E-state index contributed by atoms with van der Waals surface area (Å²) in [4.78, 5) is 2.87. The normalized spacial score (nSPS) is 11.3. The number of hydrogen-bond donors (Lipinski definition) is 5. The molecule has 1 heterocycles. The summed E-state index contributed by atoms with van der Waals surface area (Å²) in [5, 5.41) is 39.4. The number of para-hydroxylation sites is 1. The second-order valence-corrected chi connectivity index (χ2v) is 3.82. The van der Waals surface area contributed by atoms with E-state index in [2.05, 4.69) is 4.98 Å². The first-order chi connectivity index (χ1) is 8.11. The van der Waals surface area contributed by atoms with Crippen LogP contribution in [0, 0.1) is 0 Å². The number of hydrogen-bond acceptors (Lipinski definition) is 4. The highest BCUT2D eigenvalue weighted by molar-refractivity contribution is 6.14. The van der Waals surface area contributed by atoms with E-state index in [-0.39, 0.29) is 10.9 Å². The highest BCUT2D eigenvalue weighted by atomic mass is 16.3. The quantitative estimate of drug-likeness (QED) is 0.302. The lowest BCUT2D eigenvalue weighted by Gasteiger charge is -2.05. The summed E-state index contributed by atoms with van der Waals surface area (Å²) >= 11 is 0. The summed E-state index contributed by atoms with van der Waals surface area (Å²) < 4.78 is 0. The molecular weight excluding hydrogens is 222 g/mol. The van der Waals surface area contributed by atoms with Gasteiger partial charge in [-0.15, -0.1) is 0 Å². The molecule has 5 nitrogen and oxygen atoms in total. The van der Waals surface area contributed by atoms with Gasteiger partial charge in [-0.3, -0.25) is 0 Å². The Labute approximate surface area is 95.2 Å². The van der Waals surface area contributed by atoms with Crippen LogP contribution in [0.5, 0.6) is 23.0 Å². The number of aromatic nitrogens is 1. The fraction of sp³-hybridized carbons (Fsp3) is 0. The minimum Gasteiger partial charge on any atom is -0.504 e. The van der Waals surface area contributed by atoms with Crippen molar-refractivity contribution in [3.8, 4) is 23.0 Å². The summed E-state index contributed by atoms with van der Waals surface area (Å²) in [5.41, 5.74) is 0.886. The SMILES string of the molecule is Oc1c(O)c(O)c2c([nH]c3ccccc32)c1O. The topological polar surface area (TPSA) is 96.7 Å². The highest BCUT2D eigenvalue weighted by Gasteiger charge is 2.21. The molecule has 2 aromatic carbocycles. The number of phenols is 4. The summed E-state index contributed by atoms with van der Waals surface area (Å²) in [6.07, 6.45) is 0. The van der Waals surface area contributed by atoms with Crippen molar-refractivity contribution in [3.05, 3.63) is 24.3 Å². The van der Waals surface area contributed by atoms with Crippen molar-refractivity contribution < 1.29 is 20.4 Å². The Hall–Kier alpha value is -2.56. The number of nitrogens with one attached hydrogen (secondary N) is 1. The van der Waals surface area contributed by atoms with Crippen molar-refractivity contribution in [2.75, 3.05) is 0 Å². The zero-order chi connectivity index (χ0) is 12.2. The van der Waals surface area contributed by atoms with Gasteiger partial charge in [-0.05, 0) is 6.07 Å². The van der Waals surface area contributed by atoms with E-state index in [9.17, 15) is 20.4 Å². The molecule has 0 bridgehead atoms. The van der Waals surface area contributed by atoms with Gasteiger partial charge in [0.25, 0.3) is 0 Å². The van der Waals surface area contributed by atoms with E-state index >= 15 is 0 Å². The van der Waals surface area contributed by atoms with E-state index in [4.69, 9.17) is 0 Å². The first kappa shape index (κ1) is 9.65. The molecule has 0 saturated heterocycles. The maximum atomic E-state index is 9.81. The largest absolute Gasteiger partial charge is 0.504 e. The van der Waals surface area contributed by atoms with Crippen LogP contribution in [0.2, 0.25) is 0 Å². The molecular formula is C12H9NO4. The monoisotopic (exact) mass is 231 g/mol. The zero-order valence-electron chi connectivity index (χ0n) is 8.60. The van der Waals surface area contributed by atoms with E-state index in [1.165, 1.54) is 0 Å². The summed E-state index contributed by atoms with van der Waals surface area (Å²) in [6, 6.07) is 7.08.